The van der Waals surface area contributed by atoms with Crippen molar-refractivity contribution in [2.45, 2.75) is 29.7 Å². The van der Waals surface area contributed by atoms with E-state index in [1.807, 2.05) is 0 Å². The summed E-state index contributed by atoms with van der Waals surface area (Å²) in [6.07, 6.45) is -2.99. The van der Waals surface area contributed by atoms with Gasteiger partial charge < -0.3 is 25.8 Å². The molecule has 1 aliphatic heterocycles. The van der Waals surface area contributed by atoms with Crippen molar-refractivity contribution in [3.8, 4) is 0 Å². The number of nitrogens with one attached hydrogen (secondary N) is 1. The van der Waals surface area contributed by atoms with Crippen LogP contribution in [-0.4, -0.2) is 65.5 Å². The number of imidazole rings is 1. The quantitative estimate of drug-likeness (QED) is 0.321. The van der Waals surface area contributed by atoms with Gasteiger partial charge in [-0.05, 0) is 0 Å². The maximum Gasteiger partial charge on any atom is 0.280 e. The first-order chi connectivity index (χ1) is 11.5. The first-order valence-electron chi connectivity index (χ1n) is 7.11. The molecule has 24 heavy (non-hydrogen) atoms. The molecule has 2 aromatic heterocycles. The van der Waals surface area contributed by atoms with Gasteiger partial charge in [-0.3, -0.25) is 14.3 Å². The Morgan fingerprint density at radius 1 is 1.42 bits per heavy atom. The van der Waals surface area contributed by atoms with Crippen LogP contribution in [0.25, 0.3) is 11.2 Å². The second kappa shape index (κ2) is 6.53. The van der Waals surface area contributed by atoms with Gasteiger partial charge in [0.15, 0.2) is 22.5 Å². The van der Waals surface area contributed by atoms with E-state index in [1.165, 1.54) is 16.3 Å². The van der Waals surface area contributed by atoms with Crippen LogP contribution in [-0.2, 0) is 4.74 Å². The monoisotopic (exact) mass is 355 g/mol. The molecule has 0 spiro atoms. The van der Waals surface area contributed by atoms with Gasteiger partial charge >= 0.3 is 0 Å². The molecule has 2 unspecified atom stereocenters. The van der Waals surface area contributed by atoms with Crippen molar-refractivity contribution in [1.82, 2.24) is 19.5 Å². The number of anilines is 1. The van der Waals surface area contributed by atoms with Crippen molar-refractivity contribution in [2.75, 3.05) is 18.1 Å². The van der Waals surface area contributed by atoms with Gasteiger partial charge in [-0.15, -0.1) is 6.58 Å². The molecule has 2 aromatic rings. The Morgan fingerprint density at radius 2 is 2.17 bits per heavy atom. The van der Waals surface area contributed by atoms with Crippen molar-refractivity contribution in [3.63, 3.8) is 0 Å². The van der Waals surface area contributed by atoms with Gasteiger partial charge in [0.25, 0.3) is 5.56 Å². The lowest BCUT2D eigenvalue weighted by atomic mass is 10.1. The number of nitrogen functional groups attached to an aromatic ring is 1. The Kier molecular flexibility index (Phi) is 4.60. The zero-order valence-electron chi connectivity index (χ0n) is 12.5. The largest absolute Gasteiger partial charge is 0.394 e. The van der Waals surface area contributed by atoms with Crippen LogP contribution in [0.5, 0.6) is 0 Å². The molecule has 0 aliphatic carbocycles. The second-order valence-corrected chi connectivity index (χ2v) is 6.20. The van der Waals surface area contributed by atoms with Gasteiger partial charge in [-0.2, -0.15) is 4.98 Å². The van der Waals surface area contributed by atoms with Crippen LogP contribution in [0.15, 0.2) is 22.6 Å². The molecule has 1 saturated heterocycles. The first-order valence-corrected chi connectivity index (χ1v) is 8.10. The predicted octanol–water partition coefficient (Wildman–Crippen LogP) is -1.41. The zero-order valence-corrected chi connectivity index (χ0v) is 13.3. The van der Waals surface area contributed by atoms with Crippen LogP contribution in [0, 0.1) is 0 Å². The highest BCUT2D eigenvalue weighted by Crippen LogP contribution is 2.35. The van der Waals surface area contributed by atoms with Gasteiger partial charge in [-0.1, -0.05) is 17.8 Å². The molecule has 0 amide bonds. The number of aromatic nitrogens is 4. The number of aliphatic hydroxyl groups is 3. The van der Waals surface area contributed by atoms with E-state index in [1.54, 1.807) is 6.08 Å². The predicted molar refractivity (Wildman–Crippen MR) is 86.5 cm³/mol. The van der Waals surface area contributed by atoms with E-state index >= 15 is 0 Å². The topological polar surface area (TPSA) is 160 Å². The Balaban J connectivity index is 2.17. The van der Waals surface area contributed by atoms with E-state index in [2.05, 4.69) is 21.5 Å². The molecule has 1 fully saturated rings. The lowest BCUT2D eigenvalue weighted by Gasteiger charge is -2.18. The number of aliphatic hydroxyl groups excluding tert-OH is 3. The minimum atomic E-state index is -1.33. The highest BCUT2D eigenvalue weighted by Gasteiger charge is 2.45. The molecular formula is C13H17N5O5S. The number of H-pyrrole nitrogens is 1. The normalized spacial score (nSPS) is 27.0. The minimum absolute atomic E-state index is 0.0356. The summed E-state index contributed by atoms with van der Waals surface area (Å²) in [5, 5.41) is 29.8. The van der Waals surface area contributed by atoms with E-state index in [0.29, 0.717) is 10.9 Å². The fourth-order valence-corrected chi connectivity index (χ4v) is 3.29. The van der Waals surface area contributed by atoms with E-state index in [0.717, 1.165) is 0 Å². The molecule has 6 N–H and O–H groups in total. The number of ether oxygens (including phenoxy) is 1. The average molecular weight is 355 g/mol. The molecule has 0 aromatic carbocycles. The number of hydrogen-bond donors (Lipinski definition) is 5. The maximum atomic E-state index is 12.0. The van der Waals surface area contributed by atoms with Crippen LogP contribution in [0.3, 0.4) is 0 Å². The zero-order chi connectivity index (χ0) is 17.4. The smallest absolute Gasteiger partial charge is 0.280 e. The third-order valence-electron chi connectivity index (χ3n) is 3.64. The van der Waals surface area contributed by atoms with E-state index < -0.39 is 36.7 Å². The maximum absolute atomic E-state index is 12.0. The molecular weight excluding hydrogens is 338 g/mol. The summed E-state index contributed by atoms with van der Waals surface area (Å²) < 4.78 is 6.93. The molecule has 3 rings (SSSR count). The van der Waals surface area contributed by atoms with E-state index in [9.17, 15) is 20.1 Å². The molecule has 0 radical (unpaired) electrons. The summed E-state index contributed by atoms with van der Waals surface area (Å²) in [5.41, 5.74) is 5.23. The van der Waals surface area contributed by atoms with Gasteiger partial charge in [0.2, 0.25) is 5.95 Å². The number of fused-ring (bicyclic) bond motifs is 1. The third-order valence-corrected chi connectivity index (χ3v) is 4.59. The Bertz CT molecular complexity index is 821. The van der Waals surface area contributed by atoms with Crippen molar-refractivity contribution < 1.29 is 20.1 Å². The third kappa shape index (κ3) is 2.70. The van der Waals surface area contributed by atoms with Gasteiger partial charge in [0, 0.05) is 5.75 Å². The lowest BCUT2D eigenvalue weighted by molar-refractivity contribution is -0.0548. The Hall–Kier alpha value is -1.92. The Labute approximate surface area is 140 Å². The van der Waals surface area contributed by atoms with Crippen molar-refractivity contribution in [2.24, 2.45) is 0 Å². The number of aromatic amines is 1. The van der Waals surface area contributed by atoms with Crippen LogP contribution in [0.1, 0.15) is 6.23 Å². The minimum Gasteiger partial charge on any atom is -0.394 e. The van der Waals surface area contributed by atoms with Gasteiger partial charge in [0.1, 0.15) is 18.3 Å². The van der Waals surface area contributed by atoms with Crippen molar-refractivity contribution in [3.05, 3.63) is 23.0 Å². The molecule has 10 nitrogen and oxygen atoms in total. The average Bonchev–Trinajstić information content (AvgIpc) is 3.04. The molecule has 11 heteroatoms. The van der Waals surface area contributed by atoms with Crippen molar-refractivity contribution in [1.29, 1.82) is 0 Å². The molecule has 3 heterocycles. The highest BCUT2D eigenvalue weighted by atomic mass is 32.2. The number of thioether (sulfide) groups is 1. The summed E-state index contributed by atoms with van der Waals surface area (Å²) in [7, 11) is 0. The van der Waals surface area contributed by atoms with Gasteiger partial charge in [-0.25, -0.2) is 4.98 Å². The van der Waals surface area contributed by atoms with Crippen LogP contribution in [0.4, 0.5) is 5.95 Å². The van der Waals surface area contributed by atoms with Gasteiger partial charge in [0.05, 0.1) is 6.61 Å². The summed E-state index contributed by atoms with van der Waals surface area (Å²) >= 11 is 1.25. The van der Waals surface area contributed by atoms with E-state index in [4.69, 9.17) is 10.5 Å². The fourth-order valence-electron chi connectivity index (χ4n) is 2.54. The standard InChI is InChI=1S/C13H17N5O5S/c1-2-3-24-13-15-6-9(16-12(14)17-10(6)22)18(13)11-8(21)7(20)5(4-19)23-11/h2,5,7-8,11,19-21H,1,3-4H2,(H3,14,16,17,22)/t5?,7-,8-,11?/m1/s1. The number of hydrogen-bond acceptors (Lipinski definition) is 9. The first kappa shape index (κ1) is 16.9. The SMILES string of the molecule is C=CCSc1nc2c(=O)[nH]c(N)nc2n1C1OC(CO)[C@@H](O)[C@H]1O. The summed E-state index contributed by atoms with van der Waals surface area (Å²) in [4.78, 5) is 22.7. The fraction of sp³-hybridized carbons (Fsp3) is 0.462. The summed E-state index contributed by atoms with van der Waals surface area (Å²) in [6, 6.07) is 0. The van der Waals surface area contributed by atoms with Crippen LogP contribution in [0.2, 0.25) is 0 Å². The van der Waals surface area contributed by atoms with E-state index in [-0.39, 0.29) is 17.1 Å². The highest BCUT2D eigenvalue weighted by molar-refractivity contribution is 7.99. The summed E-state index contributed by atoms with van der Waals surface area (Å²) in [5.74, 6) is 0.381. The number of nitrogens with zero attached hydrogens (tertiary/aromatic N) is 3. The molecule has 0 bridgehead atoms. The van der Waals surface area contributed by atoms with Crippen molar-refractivity contribution >= 4 is 28.9 Å². The van der Waals surface area contributed by atoms with Crippen LogP contribution < -0.4 is 11.3 Å². The summed E-state index contributed by atoms with van der Waals surface area (Å²) in [6.45, 7) is 3.16. The van der Waals surface area contributed by atoms with Crippen LogP contribution >= 0.6 is 11.8 Å². The Morgan fingerprint density at radius 3 is 2.79 bits per heavy atom. The molecule has 4 atom stereocenters. The second-order valence-electron chi connectivity index (χ2n) is 5.22. The lowest BCUT2D eigenvalue weighted by Crippen LogP contribution is -2.33. The molecule has 130 valence electrons. The number of rotatable bonds is 5. The molecule has 0 saturated carbocycles. The number of nitrogens with two attached hydrogens (primary N) is 1. The molecule has 1 aliphatic rings.